The smallest absolute Gasteiger partial charge is 0.370 e. The second-order valence-corrected chi connectivity index (χ2v) is 0.956. The van der Waals surface area contributed by atoms with E-state index in [0.29, 0.717) is 0 Å². The molecule has 0 fully saturated rings. The summed E-state index contributed by atoms with van der Waals surface area (Å²) in [5.74, 6) is -2.20. The molecule has 0 aliphatic rings. The summed E-state index contributed by atoms with van der Waals surface area (Å²) in [5, 5.41) is 26.3. The zero-order valence-corrected chi connectivity index (χ0v) is 5.83. The van der Waals surface area contributed by atoms with E-state index in [9.17, 15) is 4.79 Å². The van der Waals surface area contributed by atoms with Crippen LogP contribution >= 0.6 is 0 Å². The predicted octanol–water partition coefficient (Wildman–Crippen LogP) is -0.0554. The Morgan fingerprint density at radius 1 is 1.17 bits per heavy atom. The van der Waals surface area contributed by atoms with E-state index in [1.807, 2.05) is 0 Å². The first-order valence-electron chi connectivity index (χ1n) is 2.16. The van der Waals surface area contributed by atoms with Gasteiger partial charge in [-0.1, -0.05) is 0 Å². The highest BCUT2D eigenvalue weighted by Crippen LogP contribution is 1.75. The van der Waals surface area contributed by atoms with Gasteiger partial charge < -0.3 is 10.2 Å². The van der Waals surface area contributed by atoms with E-state index >= 15 is 0 Å². The number of carboxylic acids is 1. The largest absolute Gasteiger partial charge is 0.502 e. The SMILES string of the molecule is C=C(O)C(=O)O.N=C=O.N=C=O. The minimum Gasteiger partial charge on any atom is -0.502 e. The van der Waals surface area contributed by atoms with Crippen LogP contribution in [0.5, 0.6) is 0 Å². The lowest BCUT2D eigenvalue weighted by molar-refractivity contribution is -0.135. The van der Waals surface area contributed by atoms with Gasteiger partial charge in [-0.2, -0.15) is 0 Å². The van der Waals surface area contributed by atoms with Crippen LogP contribution in [0.3, 0.4) is 0 Å². The average molecular weight is 174 g/mol. The van der Waals surface area contributed by atoms with Crippen molar-refractivity contribution in [3.05, 3.63) is 12.3 Å². The van der Waals surface area contributed by atoms with Gasteiger partial charge in [-0.15, -0.1) is 0 Å². The maximum atomic E-state index is 9.35. The first kappa shape index (κ1) is 16.4. The third-order valence-corrected chi connectivity index (χ3v) is 0.247. The molecule has 0 aliphatic carbocycles. The van der Waals surface area contributed by atoms with Crippen molar-refractivity contribution in [2.24, 2.45) is 0 Å². The molecule has 0 unspecified atom stereocenters. The molecular formula is C5H6N2O5. The molecule has 4 N–H and O–H groups in total. The maximum Gasteiger partial charge on any atom is 0.370 e. The minimum absolute atomic E-state index is 0.750. The summed E-state index contributed by atoms with van der Waals surface area (Å²) in [6.45, 7) is 2.71. The number of hydrogen-bond acceptors (Lipinski definition) is 6. The van der Waals surface area contributed by atoms with Crippen LogP contribution in [-0.4, -0.2) is 28.3 Å². The molecule has 7 nitrogen and oxygen atoms in total. The molecule has 0 aromatic carbocycles. The van der Waals surface area contributed by atoms with Crippen LogP contribution in [0.1, 0.15) is 0 Å². The molecule has 12 heavy (non-hydrogen) atoms. The van der Waals surface area contributed by atoms with E-state index in [-0.39, 0.29) is 0 Å². The van der Waals surface area contributed by atoms with Crippen molar-refractivity contribution in [2.45, 2.75) is 0 Å². The summed E-state index contributed by atoms with van der Waals surface area (Å²) in [6.07, 6.45) is 1.50. The van der Waals surface area contributed by atoms with Crippen molar-refractivity contribution in [1.29, 1.82) is 10.8 Å². The third kappa shape index (κ3) is 114. The maximum absolute atomic E-state index is 9.35. The van der Waals surface area contributed by atoms with Crippen LogP contribution in [0.15, 0.2) is 12.3 Å². The summed E-state index contributed by atoms with van der Waals surface area (Å²) in [6, 6.07) is 0. The van der Waals surface area contributed by atoms with Crippen molar-refractivity contribution >= 4 is 18.1 Å². The molecule has 7 heteroatoms. The Morgan fingerprint density at radius 3 is 1.25 bits per heavy atom. The van der Waals surface area contributed by atoms with Crippen molar-refractivity contribution in [1.82, 2.24) is 0 Å². The Morgan fingerprint density at radius 2 is 1.25 bits per heavy atom. The topological polar surface area (TPSA) is 139 Å². The van der Waals surface area contributed by atoms with Gasteiger partial charge in [0.2, 0.25) is 12.2 Å². The lowest BCUT2D eigenvalue weighted by atomic mass is 10.6. The van der Waals surface area contributed by atoms with Crippen molar-refractivity contribution in [3.63, 3.8) is 0 Å². The first-order chi connectivity index (χ1) is 5.47. The number of aliphatic hydroxyl groups is 1. The van der Waals surface area contributed by atoms with E-state index in [1.54, 1.807) is 0 Å². The predicted molar refractivity (Wildman–Crippen MR) is 36.2 cm³/mol. The molecule has 0 amide bonds. The summed E-state index contributed by atoms with van der Waals surface area (Å²) in [7, 11) is 0. The third-order valence-electron chi connectivity index (χ3n) is 0.247. The molecular weight excluding hydrogens is 168 g/mol. The Bertz CT molecular complexity index is 186. The quantitative estimate of drug-likeness (QED) is 0.191. The molecule has 0 aliphatic heterocycles. The van der Waals surface area contributed by atoms with Gasteiger partial charge in [0.25, 0.3) is 0 Å². The van der Waals surface area contributed by atoms with Gasteiger partial charge in [0, 0.05) is 0 Å². The van der Waals surface area contributed by atoms with E-state index in [2.05, 4.69) is 6.58 Å². The van der Waals surface area contributed by atoms with E-state index < -0.39 is 11.7 Å². The number of nitrogens with one attached hydrogen (secondary N) is 2. The van der Waals surface area contributed by atoms with Gasteiger partial charge in [0.1, 0.15) is 0 Å². The summed E-state index contributed by atoms with van der Waals surface area (Å²) >= 11 is 0. The fourth-order valence-electron chi connectivity index (χ4n) is 0. The van der Waals surface area contributed by atoms with Crippen LogP contribution in [-0.2, 0) is 14.4 Å². The summed E-state index contributed by atoms with van der Waals surface area (Å²) < 4.78 is 0. The normalized spacial score (nSPS) is 5.00. The lowest BCUT2D eigenvalue weighted by Crippen LogP contribution is -1.95. The Hall–Kier alpha value is -2.23. The Balaban J connectivity index is -0.000000115. The molecule has 0 rings (SSSR count). The number of hydrogen-bond donors (Lipinski definition) is 4. The van der Waals surface area contributed by atoms with Gasteiger partial charge in [0.15, 0.2) is 5.76 Å². The minimum atomic E-state index is -1.38. The monoisotopic (exact) mass is 174 g/mol. The van der Waals surface area contributed by atoms with Crippen molar-refractivity contribution < 1.29 is 24.6 Å². The van der Waals surface area contributed by atoms with Gasteiger partial charge in [-0.3, -0.25) is 0 Å². The Labute approximate surface area is 67.0 Å². The zero-order valence-electron chi connectivity index (χ0n) is 5.83. The van der Waals surface area contributed by atoms with Crippen molar-refractivity contribution in [2.75, 3.05) is 0 Å². The van der Waals surface area contributed by atoms with Crippen LogP contribution in [0.25, 0.3) is 0 Å². The second-order valence-electron chi connectivity index (χ2n) is 0.956. The molecule has 0 saturated carbocycles. The second kappa shape index (κ2) is 15.9. The van der Waals surface area contributed by atoms with E-state index in [4.69, 9.17) is 30.6 Å². The van der Waals surface area contributed by atoms with Gasteiger partial charge in [-0.05, 0) is 6.58 Å². The molecule has 0 saturated heterocycles. The van der Waals surface area contributed by atoms with Crippen LogP contribution in [0.2, 0.25) is 0 Å². The molecule has 0 radical (unpaired) electrons. The molecule has 0 heterocycles. The molecule has 0 bridgehead atoms. The number of aliphatic carboxylic acids is 1. The highest BCUT2D eigenvalue weighted by molar-refractivity contribution is 5.82. The number of carboxylic acid groups (broad SMARTS) is 1. The standard InChI is InChI=1S/C3H4O3.2CHNO/c1-2(4)3(5)6;2*2-1-3/h4H,1H2,(H,5,6);2*2H. The van der Waals surface area contributed by atoms with Crippen LogP contribution < -0.4 is 0 Å². The van der Waals surface area contributed by atoms with Gasteiger partial charge in [0.05, 0.1) is 0 Å². The highest BCUT2D eigenvalue weighted by Gasteiger charge is 1.94. The summed E-state index contributed by atoms with van der Waals surface area (Å²) in [4.78, 5) is 26.0. The number of isocyanates is 2. The molecule has 0 atom stereocenters. The van der Waals surface area contributed by atoms with Gasteiger partial charge in [-0.25, -0.2) is 25.2 Å². The fraction of sp³-hybridized carbons (Fsp3) is 0. The first-order valence-corrected chi connectivity index (χ1v) is 2.16. The zero-order chi connectivity index (χ0) is 10.6. The van der Waals surface area contributed by atoms with E-state index in [0.717, 1.165) is 12.2 Å². The number of rotatable bonds is 1. The van der Waals surface area contributed by atoms with Crippen LogP contribution in [0.4, 0.5) is 0 Å². The van der Waals surface area contributed by atoms with E-state index in [1.165, 1.54) is 0 Å². The molecule has 66 valence electrons. The van der Waals surface area contributed by atoms with Gasteiger partial charge >= 0.3 is 5.97 Å². The average Bonchev–Trinajstić information content (AvgIpc) is 1.90. The fourth-order valence-corrected chi connectivity index (χ4v) is 0. The molecule has 0 aromatic heterocycles. The summed E-state index contributed by atoms with van der Waals surface area (Å²) in [5.41, 5.74) is 0. The highest BCUT2D eigenvalue weighted by atomic mass is 16.4. The number of carbonyl (C=O) groups excluding carboxylic acids is 2. The number of carbonyl (C=O) groups is 1. The van der Waals surface area contributed by atoms with Crippen LogP contribution in [0, 0.1) is 10.8 Å². The molecule has 0 aromatic rings. The molecule has 0 spiro atoms. The lowest BCUT2D eigenvalue weighted by Gasteiger charge is -1.79. The number of aliphatic hydroxyl groups excluding tert-OH is 1. The Kier molecular flexibility index (Phi) is 21.7. The van der Waals surface area contributed by atoms with Crippen molar-refractivity contribution in [3.8, 4) is 0 Å².